The molecule has 3 N–H and O–H groups in total. The Bertz CT molecular complexity index is 474. The van der Waals surface area contributed by atoms with Crippen molar-refractivity contribution in [1.29, 1.82) is 0 Å². The lowest BCUT2D eigenvalue weighted by Crippen LogP contribution is -2.31. The molecule has 2 atom stereocenters. The van der Waals surface area contributed by atoms with Crippen molar-refractivity contribution < 1.29 is 9.53 Å². The number of carbonyl (C=O) groups excluding carboxylic acids is 1. The van der Waals surface area contributed by atoms with Gasteiger partial charge >= 0.3 is 5.97 Å². The van der Waals surface area contributed by atoms with Crippen molar-refractivity contribution in [2.24, 2.45) is 5.92 Å². The molecular formula is C16H24N2O2. The summed E-state index contributed by atoms with van der Waals surface area (Å²) in [5, 5.41) is 3.57. The topological polar surface area (TPSA) is 64.3 Å². The minimum absolute atomic E-state index is 0.387. The highest BCUT2D eigenvalue weighted by atomic mass is 16.5. The second-order valence-electron chi connectivity index (χ2n) is 5.50. The lowest BCUT2D eigenvalue weighted by molar-refractivity contribution is 0.0602. The van der Waals surface area contributed by atoms with Crippen LogP contribution in [-0.2, 0) is 4.74 Å². The number of hydrogen-bond donors (Lipinski definition) is 2. The lowest BCUT2D eigenvalue weighted by Gasteiger charge is -2.32. The van der Waals surface area contributed by atoms with Crippen molar-refractivity contribution in [2.45, 2.75) is 45.1 Å². The summed E-state index contributed by atoms with van der Waals surface area (Å²) in [5.41, 5.74) is 7.66. The molecule has 1 aliphatic rings. The summed E-state index contributed by atoms with van der Waals surface area (Å²) in [6.07, 6.45) is 6.26. The summed E-state index contributed by atoms with van der Waals surface area (Å²) in [5.74, 6) is 0.324. The van der Waals surface area contributed by atoms with Gasteiger partial charge < -0.3 is 15.8 Å². The van der Waals surface area contributed by atoms with Crippen molar-refractivity contribution in [2.75, 3.05) is 18.2 Å². The van der Waals surface area contributed by atoms with Gasteiger partial charge in [-0.25, -0.2) is 4.79 Å². The Morgan fingerprint density at radius 1 is 1.40 bits per heavy atom. The van der Waals surface area contributed by atoms with Gasteiger partial charge in [-0.2, -0.15) is 0 Å². The SMILES string of the molecule is CCC1CCCCC1Nc1ccc(N)c(C(=O)OC)c1. The predicted octanol–water partition coefficient (Wildman–Crippen LogP) is 3.44. The van der Waals surface area contributed by atoms with Gasteiger partial charge in [-0.1, -0.05) is 26.2 Å². The van der Waals surface area contributed by atoms with Crippen molar-refractivity contribution in [3.8, 4) is 0 Å². The molecule has 0 aromatic heterocycles. The summed E-state index contributed by atoms with van der Waals surface area (Å²) < 4.78 is 4.76. The zero-order chi connectivity index (χ0) is 14.5. The van der Waals surface area contributed by atoms with E-state index in [2.05, 4.69) is 12.2 Å². The second-order valence-corrected chi connectivity index (χ2v) is 5.50. The molecule has 20 heavy (non-hydrogen) atoms. The van der Waals surface area contributed by atoms with E-state index in [-0.39, 0.29) is 5.97 Å². The molecule has 4 heteroatoms. The van der Waals surface area contributed by atoms with Gasteiger partial charge in [0.25, 0.3) is 0 Å². The average molecular weight is 276 g/mol. The molecule has 1 aromatic carbocycles. The van der Waals surface area contributed by atoms with Crippen LogP contribution in [0.25, 0.3) is 0 Å². The summed E-state index contributed by atoms with van der Waals surface area (Å²) in [6.45, 7) is 2.24. The first-order chi connectivity index (χ1) is 9.65. The summed E-state index contributed by atoms with van der Waals surface area (Å²) in [4.78, 5) is 11.7. The molecule has 1 aromatic rings. The fourth-order valence-corrected chi connectivity index (χ4v) is 3.03. The Hall–Kier alpha value is -1.71. The molecule has 4 nitrogen and oxygen atoms in total. The molecule has 0 spiro atoms. The number of esters is 1. The third-order valence-electron chi connectivity index (χ3n) is 4.24. The maximum atomic E-state index is 11.7. The maximum absolute atomic E-state index is 11.7. The Labute approximate surface area is 120 Å². The minimum atomic E-state index is -0.387. The van der Waals surface area contributed by atoms with Crippen LogP contribution in [0.2, 0.25) is 0 Å². The zero-order valence-electron chi connectivity index (χ0n) is 12.3. The van der Waals surface area contributed by atoms with Gasteiger partial charge in [0.2, 0.25) is 0 Å². The van der Waals surface area contributed by atoms with Crippen LogP contribution in [0, 0.1) is 5.92 Å². The van der Waals surface area contributed by atoms with Crippen molar-refractivity contribution in [3.63, 3.8) is 0 Å². The predicted molar refractivity (Wildman–Crippen MR) is 81.9 cm³/mol. The van der Waals surface area contributed by atoms with E-state index in [1.165, 1.54) is 39.2 Å². The summed E-state index contributed by atoms with van der Waals surface area (Å²) in [6, 6.07) is 5.98. The molecule has 0 bridgehead atoms. The van der Waals surface area contributed by atoms with Crippen LogP contribution in [0.5, 0.6) is 0 Å². The van der Waals surface area contributed by atoms with E-state index in [1.807, 2.05) is 6.07 Å². The molecular weight excluding hydrogens is 252 g/mol. The molecule has 2 unspecified atom stereocenters. The number of anilines is 2. The average Bonchev–Trinajstić information content (AvgIpc) is 2.49. The fourth-order valence-electron chi connectivity index (χ4n) is 3.03. The van der Waals surface area contributed by atoms with Crippen LogP contribution in [0.4, 0.5) is 11.4 Å². The molecule has 0 heterocycles. The smallest absolute Gasteiger partial charge is 0.340 e. The van der Waals surface area contributed by atoms with Gasteiger partial charge in [-0.05, 0) is 37.0 Å². The zero-order valence-corrected chi connectivity index (χ0v) is 12.3. The van der Waals surface area contributed by atoms with Crippen LogP contribution >= 0.6 is 0 Å². The number of nitrogens with two attached hydrogens (primary N) is 1. The number of hydrogen-bond acceptors (Lipinski definition) is 4. The highest BCUT2D eigenvalue weighted by Gasteiger charge is 2.23. The van der Waals surface area contributed by atoms with Crippen molar-refractivity contribution >= 4 is 17.3 Å². The quantitative estimate of drug-likeness (QED) is 0.653. The third-order valence-corrected chi connectivity index (χ3v) is 4.24. The Morgan fingerprint density at radius 3 is 2.85 bits per heavy atom. The molecule has 1 aliphatic carbocycles. The standard InChI is InChI=1S/C16H24N2O2/c1-3-11-6-4-5-7-15(11)18-12-8-9-14(17)13(10-12)16(19)20-2/h8-11,15,18H,3-7,17H2,1-2H3. The first-order valence-corrected chi connectivity index (χ1v) is 7.40. The largest absolute Gasteiger partial charge is 0.465 e. The minimum Gasteiger partial charge on any atom is -0.465 e. The Kier molecular flexibility index (Phi) is 4.88. The van der Waals surface area contributed by atoms with E-state index in [1.54, 1.807) is 12.1 Å². The number of nitrogen functional groups attached to an aromatic ring is 1. The van der Waals surface area contributed by atoms with Gasteiger partial charge in [0.1, 0.15) is 0 Å². The number of methoxy groups -OCH3 is 1. The van der Waals surface area contributed by atoms with Crippen molar-refractivity contribution in [1.82, 2.24) is 0 Å². The summed E-state index contributed by atoms with van der Waals surface area (Å²) in [7, 11) is 1.37. The van der Waals surface area contributed by atoms with Crippen molar-refractivity contribution in [3.05, 3.63) is 23.8 Å². The Morgan fingerprint density at radius 2 is 2.15 bits per heavy atom. The monoisotopic (exact) mass is 276 g/mol. The van der Waals surface area contributed by atoms with Crippen LogP contribution in [0.1, 0.15) is 49.4 Å². The van der Waals surface area contributed by atoms with Crippen LogP contribution in [-0.4, -0.2) is 19.1 Å². The van der Waals surface area contributed by atoms with E-state index in [0.717, 1.165) is 5.69 Å². The molecule has 0 amide bonds. The highest BCUT2D eigenvalue weighted by Crippen LogP contribution is 2.30. The van der Waals surface area contributed by atoms with E-state index in [9.17, 15) is 4.79 Å². The van der Waals surface area contributed by atoms with Crippen LogP contribution in [0.15, 0.2) is 18.2 Å². The van der Waals surface area contributed by atoms with Gasteiger partial charge in [0.05, 0.1) is 12.7 Å². The lowest BCUT2D eigenvalue weighted by atomic mass is 9.83. The number of ether oxygens (including phenoxy) is 1. The highest BCUT2D eigenvalue weighted by molar-refractivity contribution is 5.96. The number of carbonyl (C=O) groups is 1. The second kappa shape index (κ2) is 6.64. The maximum Gasteiger partial charge on any atom is 0.340 e. The van der Waals surface area contributed by atoms with Gasteiger partial charge in [0, 0.05) is 17.4 Å². The molecule has 2 rings (SSSR count). The molecule has 0 aliphatic heterocycles. The summed E-state index contributed by atoms with van der Waals surface area (Å²) >= 11 is 0. The van der Waals surface area contributed by atoms with Gasteiger partial charge in [0.15, 0.2) is 0 Å². The van der Waals surface area contributed by atoms with E-state index < -0.39 is 0 Å². The van der Waals surface area contributed by atoms with E-state index in [4.69, 9.17) is 10.5 Å². The molecule has 0 radical (unpaired) electrons. The number of nitrogens with one attached hydrogen (secondary N) is 1. The first kappa shape index (κ1) is 14.7. The fraction of sp³-hybridized carbons (Fsp3) is 0.562. The van der Waals surface area contributed by atoms with E-state index >= 15 is 0 Å². The van der Waals surface area contributed by atoms with Crippen LogP contribution < -0.4 is 11.1 Å². The number of rotatable bonds is 4. The van der Waals surface area contributed by atoms with E-state index in [0.29, 0.717) is 23.2 Å². The normalized spacial score (nSPS) is 22.3. The molecule has 1 saturated carbocycles. The first-order valence-electron chi connectivity index (χ1n) is 7.40. The van der Waals surface area contributed by atoms with Gasteiger partial charge in [-0.15, -0.1) is 0 Å². The van der Waals surface area contributed by atoms with Gasteiger partial charge in [-0.3, -0.25) is 0 Å². The Balaban J connectivity index is 2.14. The third kappa shape index (κ3) is 3.24. The number of benzene rings is 1. The molecule has 0 saturated heterocycles. The molecule has 1 fully saturated rings. The molecule has 110 valence electrons. The van der Waals surface area contributed by atoms with Crippen LogP contribution in [0.3, 0.4) is 0 Å².